The molecular weight excluding hydrogens is 452 g/mol. The first-order chi connectivity index (χ1) is 16.7. The molecule has 2 unspecified atom stereocenters. The number of allylic oxidation sites excluding steroid dienone is 5. The largest absolute Gasteiger partial charge is 0.393 e. The van der Waals surface area contributed by atoms with Crippen molar-refractivity contribution in [1.82, 2.24) is 4.90 Å². The van der Waals surface area contributed by atoms with Crippen LogP contribution in [0.2, 0.25) is 0 Å². The van der Waals surface area contributed by atoms with E-state index in [0.717, 1.165) is 55.8 Å². The summed E-state index contributed by atoms with van der Waals surface area (Å²) in [5, 5.41) is 15.2. The van der Waals surface area contributed by atoms with Gasteiger partial charge in [-0.3, -0.25) is 0 Å². The van der Waals surface area contributed by atoms with Gasteiger partial charge in [0.2, 0.25) is 0 Å². The first-order valence-corrected chi connectivity index (χ1v) is 14.5. The summed E-state index contributed by atoms with van der Waals surface area (Å²) in [6, 6.07) is 0. The SMILES string of the molecule is C\C=C(/C(C)=C\C(S)=C(/C)CC)C(CCC)(CCCCC)/C(C)=N/OCC(O)CN1CCCCC1. The average molecular weight is 507 g/mol. The fraction of sp³-hybridized carbons (Fsp3) is 0.767. The Balaban J connectivity index is 3.18. The fourth-order valence-corrected chi connectivity index (χ4v) is 5.68. The highest BCUT2D eigenvalue weighted by Crippen LogP contribution is 2.44. The summed E-state index contributed by atoms with van der Waals surface area (Å²) in [7, 11) is 0. The third-order valence-electron chi connectivity index (χ3n) is 7.51. The van der Waals surface area contributed by atoms with Gasteiger partial charge >= 0.3 is 0 Å². The number of nitrogens with zero attached hydrogens (tertiary/aromatic N) is 2. The molecule has 1 fully saturated rings. The summed E-state index contributed by atoms with van der Waals surface area (Å²) in [4.78, 5) is 9.20. The second kappa shape index (κ2) is 17.4. The van der Waals surface area contributed by atoms with Gasteiger partial charge in [-0.05, 0) is 90.1 Å². The molecule has 35 heavy (non-hydrogen) atoms. The average Bonchev–Trinajstić information content (AvgIpc) is 2.84. The van der Waals surface area contributed by atoms with Crippen molar-refractivity contribution >= 4 is 18.3 Å². The predicted molar refractivity (Wildman–Crippen MR) is 156 cm³/mol. The molecule has 1 saturated heterocycles. The number of β-amino-alcohol motifs (C(OH)–C–C–N with tert-alkyl or cyclic N) is 1. The van der Waals surface area contributed by atoms with Crippen molar-refractivity contribution in [3.05, 3.63) is 33.8 Å². The minimum atomic E-state index is -0.512. The van der Waals surface area contributed by atoms with Crippen LogP contribution in [0.25, 0.3) is 0 Å². The number of likely N-dealkylation sites (tertiary alicyclic amines) is 1. The Bertz CT molecular complexity index is 735. The molecule has 0 aromatic carbocycles. The Hall–Kier alpha value is -1.04. The number of aliphatic hydroxyl groups excluding tert-OH is 1. The van der Waals surface area contributed by atoms with Crippen molar-refractivity contribution in [2.75, 3.05) is 26.2 Å². The van der Waals surface area contributed by atoms with E-state index in [1.165, 1.54) is 48.8 Å². The Labute approximate surface area is 222 Å². The maximum Gasteiger partial charge on any atom is 0.144 e. The molecular formula is C30H54N2O2S. The van der Waals surface area contributed by atoms with Gasteiger partial charge in [0.1, 0.15) is 12.7 Å². The molecule has 0 saturated carbocycles. The molecule has 4 nitrogen and oxygen atoms in total. The van der Waals surface area contributed by atoms with Crippen molar-refractivity contribution in [1.29, 1.82) is 0 Å². The lowest BCUT2D eigenvalue weighted by Gasteiger charge is -2.37. The fourth-order valence-electron chi connectivity index (χ4n) is 5.32. The van der Waals surface area contributed by atoms with E-state index in [-0.39, 0.29) is 12.0 Å². The van der Waals surface area contributed by atoms with Gasteiger partial charge in [-0.25, -0.2) is 0 Å². The molecule has 0 bridgehead atoms. The molecule has 0 aliphatic carbocycles. The minimum absolute atomic E-state index is 0.175. The zero-order valence-electron chi connectivity index (χ0n) is 23.8. The molecule has 1 rings (SSSR count). The Morgan fingerprint density at radius 1 is 1.06 bits per heavy atom. The molecule has 1 aliphatic rings. The van der Waals surface area contributed by atoms with Crippen molar-refractivity contribution in [3.63, 3.8) is 0 Å². The lowest BCUT2D eigenvalue weighted by molar-refractivity contribution is 0.0148. The van der Waals surface area contributed by atoms with Gasteiger partial charge in [0.05, 0.1) is 5.71 Å². The van der Waals surface area contributed by atoms with E-state index in [4.69, 9.17) is 17.5 Å². The van der Waals surface area contributed by atoms with Crippen LogP contribution in [-0.2, 0) is 4.84 Å². The summed E-state index contributed by atoms with van der Waals surface area (Å²) < 4.78 is 0. The second-order valence-electron chi connectivity index (χ2n) is 10.3. The quantitative estimate of drug-likeness (QED) is 0.0731. The third-order valence-corrected chi connectivity index (χ3v) is 8.02. The maximum atomic E-state index is 10.5. The smallest absolute Gasteiger partial charge is 0.144 e. The van der Waals surface area contributed by atoms with Crippen molar-refractivity contribution < 1.29 is 9.94 Å². The summed E-state index contributed by atoms with van der Waals surface area (Å²) in [6.07, 6.45) is 15.4. The summed E-state index contributed by atoms with van der Waals surface area (Å²) in [6.45, 7) is 18.3. The first-order valence-electron chi connectivity index (χ1n) is 14.1. The lowest BCUT2D eigenvalue weighted by Crippen LogP contribution is -2.38. The highest BCUT2D eigenvalue weighted by Gasteiger charge is 2.37. The van der Waals surface area contributed by atoms with Crippen LogP contribution in [0.1, 0.15) is 113 Å². The van der Waals surface area contributed by atoms with Gasteiger partial charge in [-0.1, -0.05) is 69.7 Å². The van der Waals surface area contributed by atoms with Crippen LogP contribution in [0.15, 0.2) is 38.9 Å². The van der Waals surface area contributed by atoms with Crippen molar-refractivity contribution in [3.8, 4) is 0 Å². The second-order valence-corrected chi connectivity index (χ2v) is 10.8. The van der Waals surface area contributed by atoms with Crippen LogP contribution in [0.4, 0.5) is 0 Å². The number of thiol groups is 1. The van der Waals surface area contributed by atoms with E-state index in [1.54, 1.807) is 0 Å². The van der Waals surface area contributed by atoms with Crippen LogP contribution < -0.4 is 0 Å². The van der Waals surface area contributed by atoms with E-state index < -0.39 is 6.10 Å². The van der Waals surface area contributed by atoms with E-state index in [2.05, 4.69) is 70.7 Å². The molecule has 1 N–H and O–H groups in total. The van der Waals surface area contributed by atoms with E-state index >= 15 is 0 Å². The molecule has 0 radical (unpaired) electrons. The minimum Gasteiger partial charge on any atom is -0.393 e. The predicted octanol–water partition coefficient (Wildman–Crippen LogP) is 8.10. The zero-order valence-corrected chi connectivity index (χ0v) is 24.7. The number of hydrogen-bond acceptors (Lipinski definition) is 5. The van der Waals surface area contributed by atoms with E-state index in [1.807, 2.05) is 0 Å². The summed E-state index contributed by atoms with van der Waals surface area (Å²) in [5.74, 6) is 0. The lowest BCUT2D eigenvalue weighted by atomic mass is 9.67. The molecule has 0 aromatic rings. The third kappa shape index (κ3) is 10.5. The molecule has 1 aliphatic heterocycles. The molecule has 0 aromatic heterocycles. The van der Waals surface area contributed by atoms with Crippen LogP contribution in [0, 0.1) is 5.41 Å². The number of unbranched alkanes of at least 4 members (excludes halogenated alkanes) is 2. The summed E-state index contributed by atoms with van der Waals surface area (Å²) >= 11 is 4.79. The number of hydrogen-bond donors (Lipinski definition) is 2. The van der Waals surface area contributed by atoms with Gasteiger partial charge in [0.25, 0.3) is 0 Å². The van der Waals surface area contributed by atoms with Crippen LogP contribution in [-0.4, -0.2) is 48.1 Å². The number of oxime groups is 1. The highest BCUT2D eigenvalue weighted by atomic mass is 32.1. The van der Waals surface area contributed by atoms with E-state index in [9.17, 15) is 5.11 Å². The van der Waals surface area contributed by atoms with Gasteiger partial charge in [0, 0.05) is 16.9 Å². The Kier molecular flexibility index (Phi) is 15.9. The van der Waals surface area contributed by atoms with Crippen molar-refractivity contribution in [2.24, 2.45) is 10.6 Å². The molecule has 202 valence electrons. The van der Waals surface area contributed by atoms with Crippen LogP contribution in [0.3, 0.4) is 0 Å². The number of aliphatic hydroxyl groups is 1. The molecule has 0 amide bonds. The Morgan fingerprint density at radius 2 is 1.74 bits per heavy atom. The number of piperidine rings is 1. The highest BCUT2D eigenvalue weighted by molar-refractivity contribution is 7.84. The topological polar surface area (TPSA) is 45.1 Å². The normalized spacial score (nSPS) is 19.9. The summed E-state index contributed by atoms with van der Waals surface area (Å²) in [5.41, 5.74) is 4.70. The van der Waals surface area contributed by atoms with Gasteiger partial charge in [0.15, 0.2) is 0 Å². The van der Waals surface area contributed by atoms with Gasteiger partial charge in [-0.15, -0.1) is 12.6 Å². The van der Waals surface area contributed by atoms with Gasteiger partial charge in [-0.2, -0.15) is 0 Å². The zero-order chi connectivity index (χ0) is 26.3. The van der Waals surface area contributed by atoms with Crippen molar-refractivity contribution in [2.45, 2.75) is 119 Å². The molecule has 1 heterocycles. The first kappa shape index (κ1) is 32.0. The molecule has 5 heteroatoms. The monoisotopic (exact) mass is 506 g/mol. The standard InChI is InChI=1S/C30H54N2O2S/c1-8-12-14-18-30(17-9-2,28(11-4)25(6)21-29(35)24(5)10-3)26(7)31-34-23-27(33)22-32-19-15-13-16-20-32/h11,21,27,33,35H,8-10,12-20,22-23H2,1-7H3/b25-21-,28-11+,29-24-,31-26+. The molecule has 2 atom stereocenters. The van der Waals surface area contributed by atoms with Crippen LogP contribution >= 0.6 is 12.6 Å². The number of rotatable bonds is 16. The Morgan fingerprint density at radius 3 is 2.31 bits per heavy atom. The van der Waals surface area contributed by atoms with E-state index in [0.29, 0.717) is 6.54 Å². The van der Waals surface area contributed by atoms with Gasteiger partial charge < -0.3 is 14.8 Å². The molecule has 0 spiro atoms. The van der Waals surface area contributed by atoms with Crippen LogP contribution in [0.5, 0.6) is 0 Å². The maximum absolute atomic E-state index is 10.5.